The molecule has 0 aromatic carbocycles. The number of pyridine rings is 1. The van der Waals surface area contributed by atoms with Crippen molar-refractivity contribution in [3.8, 4) is 0 Å². The highest BCUT2D eigenvalue weighted by molar-refractivity contribution is 7.99. The van der Waals surface area contributed by atoms with Crippen LogP contribution in [0, 0.1) is 6.92 Å². The summed E-state index contributed by atoms with van der Waals surface area (Å²) in [6.45, 7) is 7.32. The third-order valence-corrected chi connectivity index (χ3v) is 4.78. The standard InChI is InChI=1S/C15H25N3S/c1-11(2)16-8-13-9-17-12(3)7-15(13)18(4)14-5-6-19-10-14/h7,9,11,14,16H,5-6,8,10H2,1-4H3. The molecule has 0 amide bonds. The van der Waals surface area contributed by atoms with Gasteiger partial charge in [-0.05, 0) is 25.2 Å². The number of nitrogens with one attached hydrogen (secondary N) is 1. The number of rotatable bonds is 5. The fourth-order valence-electron chi connectivity index (χ4n) is 2.38. The highest BCUT2D eigenvalue weighted by Crippen LogP contribution is 2.28. The van der Waals surface area contributed by atoms with E-state index in [1.807, 2.05) is 6.20 Å². The molecular weight excluding hydrogens is 254 g/mol. The first kappa shape index (κ1) is 14.7. The number of anilines is 1. The molecule has 19 heavy (non-hydrogen) atoms. The fourth-order valence-corrected chi connectivity index (χ4v) is 3.64. The lowest BCUT2D eigenvalue weighted by molar-refractivity contribution is 0.585. The van der Waals surface area contributed by atoms with Gasteiger partial charge in [0.25, 0.3) is 0 Å². The monoisotopic (exact) mass is 279 g/mol. The SMILES string of the molecule is Cc1cc(N(C)C2CCSC2)c(CNC(C)C)cn1. The van der Waals surface area contributed by atoms with Gasteiger partial charge in [-0.15, -0.1) is 0 Å². The molecule has 0 aliphatic carbocycles. The molecule has 0 saturated carbocycles. The molecule has 0 spiro atoms. The lowest BCUT2D eigenvalue weighted by Crippen LogP contribution is -2.33. The molecule has 1 fully saturated rings. The number of aromatic nitrogens is 1. The first-order valence-corrected chi connectivity index (χ1v) is 8.23. The molecule has 1 unspecified atom stereocenters. The molecule has 0 radical (unpaired) electrons. The van der Waals surface area contributed by atoms with Gasteiger partial charge in [-0.2, -0.15) is 11.8 Å². The summed E-state index contributed by atoms with van der Waals surface area (Å²) in [5, 5.41) is 3.50. The maximum Gasteiger partial charge on any atom is 0.0445 e. The van der Waals surface area contributed by atoms with Crippen LogP contribution in [-0.2, 0) is 6.54 Å². The van der Waals surface area contributed by atoms with Gasteiger partial charge < -0.3 is 10.2 Å². The Labute approximate surface area is 121 Å². The Kier molecular flexibility index (Phi) is 5.11. The summed E-state index contributed by atoms with van der Waals surface area (Å²) >= 11 is 2.06. The molecule has 1 aliphatic rings. The van der Waals surface area contributed by atoms with E-state index in [1.54, 1.807) is 0 Å². The third-order valence-electron chi connectivity index (χ3n) is 3.63. The van der Waals surface area contributed by atoms with Crippen LogP contribution < -0.4 is 10.2 Å². The average Bonchev–Trinajstić information content (AvgIpc) is 2.90. The quantitative estimate of drug-likeness (QED) is 0.897. The Morgan fingerprint density at radius 3 is 2.95 bits per heavy atom. The Bertz CT molecular complexity index is 414. The predicted octanol–water partition coefficient (Wildman–Crippen LogP) is 2.83. The first-order chi connectivity index (χ1) is 9.08. The summed E-state index contributed by atoms with van der Waals surface area (Å²) in [7, 11) is 2.23. The number of aryl methyl sites for hydroxylation is 1. The van der Waals surface area contributed by atoms with Gasteiger partial charge in [0.2, 0.25) is 0 Å². The number of hydrogen-bond donors (Lipinski definition) is 1. The lowest BCUT2D eigenvalue weighted by Gasteiger charge is -2.28. The van der Waals surface area contributed by atoms with Crippen LogP contribution in [-0.4, -0.2) is 35.6 Å². The molecule has 1 aliphatic heterocycles. The highest BCUT2D eigenvalue weighted by atomic mass is 32.2. The van der Waals surface area contributed by atoms with Gasteiger partial charge in [0.15, 0.2) is 0 Å². The predicted molar refractivity (Wildman–Crippen MR) is 85.1 cm³/mol. The number of nitrogens with zero attached hydrogens (tertiary/aromatic N) is 2. The Balaban J connectivity index is 2.18. The zero-order chi connectivity index (χ0) is 13.8. The van der Waals surface area contributed by atoms with Crippen molar-refractivity contribution in [1.29, 1.82) is 0 Å². The van der Waals surface area contributed by atoms with Gasteiger partial charge >= 0.3 is 0 Å². The lowest BCUT2D eigenvalue weighted by atomic mass is 10.1. The van der Waals surface area contributed by atoms with Crippen molar-refractivity contribution < 1.29 is 0 Å². The Hall–Kier alpha value is -0.740. The van der Waals surface area contributed by atoms with E-state index in [0.29, 0.717) is 12.1 Å². The van der Waals surface area contributed by atoms with Crippen molar-refractivity contribution in [2.75, 3.05) is 23.5 Å². The molecule has 1 aromatic rings. The molecule has 4 heteroatoms. The van der Waals surface area contributed by atoms with Gasteiger partial charge in [-0.3, -0.25) is 4.98 Å². The molecule has 1 saturated heterocycles. The largest absolute Gasteiger partial charge is 0.370 e. The van der Waals surface area contributed by atoms with E-state index in [2.05, 4.69) is 60.8 Å². The molecule has 1 N–H and O–H groups in total. The minimum absolute atomic E-state index is 0.501. The highest BCUT2D eigenvalue weighted by Gasteiger charge is 2.22. The maximum atomic E-state index is 4.45. The van der Waals surface area contributed by atoms with E-state index in [4.69, 9.17) is 0 Å². The topological polar surface area (TPSA) is 28.2 Å². The minimum Gasteiger partial charge on any atom is -0.370 e. The van der Waals surface area contributed by atoms with E-state index in [0.717, 1.165) is 12.2 Å². The first-order valence-electron chi connectivity index (χ1n) is 7.07. The van der Waals surface area contributed by atoms with Crippen molar-refractivity contribution in [3.05, 3.63) is 23.5 Å². The van der Waals surface area contributed by atoms with Crippen LogP contribution in [0.2, 0.25) is 0 Å². The van der Waals surface area contributed by atoms with Gasteiger partial charge in [0.1, 0.15) is 0 Å². The second-order valence-electron chi connectivity index (χ2n) is 5.62. The second kappa shape index (κ2) is 6.62. The second-order valence-corrected chi connectivity index (χ2v) is 6.77. The molecule has 106 valence electrons. The molecule has 1 aromatic heterocycles. The minimum atomic E-state index is 0.501. The fraction of sp³-hybridized carbons (Fsp3) is 0.667. The molecule has 2 rings (SSSR count). The van der Waals surface area contributed by atoms with E-state index in [1.165, 1.54) is 29.2 Å². The van der Waals surface area contributed by atoms with Crippen LogP contribution in [0.4, 0.5) is 5.69 Å². The van der Waals surface area contributed by atoms with Crippen LogP contribution >= 0.6 is 11.8 Å². The zero-order valence-corrected chi connectivity index (χ0v) is 13.3. The van der Waals surface area contributed by atoms with Gasteiger partial charge in [0, 0.05) is 54.6 Å². The van der Waals surface area contributed by atoms with Crippen molar-refractivity contribution in [3.63, 3.8) is 0 Å². The van der Waals surface area contributed by atoms with Crippen molar-refractivity contribution in [2.45, 2.75) is 45.8 Å². The zero-order valence-electron chi connectivity index (χ0n) is 12.4. The smallest absolute Gasteiger partial charge is 0.0445 e. The summed E-state index contributed by atoms with van der Waals surface area (Å²) in [6.07, 6.45) is 3.32. The van der Waals surface area contributed by atoms with Gasteiger partial charge in [0.05, 0.1) is 0 Å². The number of thioether (sulfide) groups is 1. The Morgan fingerprint density at radius 2 is 2.32 bits per heavy atom. The van der Waals surface area contributed by atoms with Crippen LogP contribution in [0.1, 0.15) is 31.5 Å². The molecule has 0 bridgehead atoms. The third kappa shape index (κ3) is 3.86. The summed E-state index contributed by atoms with van der Waals surface area (Å²) < 4.78 is 0. The molecular formula is C15H25N3S. The number of hydrogen-bond acceptors (Lipinski definition) is 4. The van der Waals surface area contributed by atoms with Crippen molar-refractivity contribution in [1.82, 2.24) is 10.3 Å². The van der Waals surface area contributed by atoms with Crippen molar-refractivity contribution >= 4 is 17.4 Å². The summed E-state index contributed by atoms with van der Waals surface area (Å²) in [4.78, 5) is 6.91. The van der Waals surface area contributed by atoms with E-state index >= 15 is 0 Å². The van der Waals surface area contributed by atoms with Crippen LogP contribution in [0.5, 0.6) is 0 Å². The summed E-state index contributed by atoms with van der Waals surface area (Å²) in [6, 6.07) is 3.39. The van der Waals surface area contributed by atoms with Gasteiger partial charge in [-0.25, -0.2) is 0 Å². The average molecular weight is 279 g/mol. The molecule has 2 heterocycles. The molecule has 1 atom stereocenters. The summed E-state index contributed by atoms with van der Waals surface area (Å²) in [5.74, 6) is 2.54. The van der Waals surface area contributed by atoms with Crippen molar-refractivity contribution in [2.24, 2.45) is 0 Å². The Morgan fingerprint density at radius 1 is 1.53 bits per heavy atom. The summed E-state index contributed by atoms with van der Waals surface area (Å²) in [5.41, 5.74) is 3.74. The van der Waals surface area contributed by atoms with Crippen LogP contribution in [0.3, 0.4) is 0 Å². The maximum absolute atomic E-state index is 4.45. The van der Waals surface area contributed by atoms with E-state index in [9.17, 15) is 0 Å². The van der Waals surface area contributed by atoms with Crippen LogP contribution in [0.25, 0.3) is 0 Å². The van der Waals surface area contributed by atoms with E-state index < -0.39 is 0 Å². The molecule has 3 nitrogen and oxygen atoms in total. The van der Waals surface area contributed by atoms with Gasteiger partial charge in [-0.1, -0.05) is 13.8 Å². The normalized spacial score (nSPS) is 19.1. The van der Waals surface area contributed by atoms with Crippen LogP contribution in [0.15, 0.2) is 12.3 Å². The van der Waals surface area contributed by atoms with E-state index in [-0.39, 0.29) is 0 Å².